The van der Waals surface area contributed by atoms with Crippen molar-refractivity contribution < 1.29 is 14.3 Å². The number of ether oxygens (including phenoxy) is 1. The number of aromatic nitrogens is 6. The topological polar surface area (TPSA) is 140 Å². The molecular formula is C19H15ClN8O3. The highest BCUT2D eigenvalue weighted by atomic mass is 35.5. The van der Waals surface area contributed by atoms with Gasteiger partial charge in [0, 0.05) is 11.6 Å². The molecule has 2 amide bonds. The van der Waals surface area contributed by atoms with Gasteiger partial charge in [-0.3, -0.25) is 25.5 Å². The minimum atomic E-state index is -0.627. The summed E-state index contributed by atoms with van der Waals surface area (Å²) >= 11 is 6.26. The zero-order valence-corrected chi connectivity index (χ0v) is 16.8. The smallest absolute Gasteiger partial charge is 0.287 e. The molecule has 3 N–H and O–H groups in total. The van der Waals surface area contributed by atoms with Crippen LogP contribution in [0.2, 0.25) is 5.02 Å². The summed E-state index contributed by atoms with van der Waals surface area (Å²) in [6, 6.07) is 13.8. The van der Waals surface area contributed by atoms with Gasteiger partial charge in [0.1, 0.15) is 17.8 Å². The van der Waals surface area contributed by atoms with Crippen LogP contribution in [0, 0.1) is 0 Å². The Hall–Kier alpha value is -4.25. The van der Waals surface area contributed by atoms with Crippen LogP contribution in [0.1, 0.15) is 20.8 Å². The Balaban J connectivity index is 1.47. The van der Waals surface area contributed by atoms with Crippen molar-refractivity contribution in [2.45, 2.75) is 0 Å². The van der Waals surface area contributed by atoms with Gasteiger partial charge in [0.15, 0.2) is 0 Å². The van der Waals surface area contributed by atoms with Crippen LogP contribution in [0.15, 0.2) is 54.9 Å². The van der Waals surface area contributed by atoms with Gasteiger partial charge >= 0.3 is 0 Å². The van der Waals surface area contributed by atoms with E-state index in [1.165, 1.54) is 30.3 Å². The summed E-state index contributed by atoms with van der Waals surface area (Å²) in [4.78, 5) is 25.0. The normalized spacial score (nSPS) is 10.5. The number of hydrogen-bond acceptors (Lipinski definition) is 7. The number of H-pyrrole nitrogens is 1. The quantitative estimate of drug-likeness (QED) is 0.403. The number of benzene rings is 2. The zero-order valence-electron chi connectivity index (χ0n) is 16.0. The number of nitrogens with zero attached hydrogens (tertiary/aromatic N) is 5. The van der Waals surface area contributed by atoms with Gasteiger partial charge in [-0.1, -0.05) is 41.9 Å². The van der Waals surface area contributed by atoms with Gasteiger partial charge in [-0.2, -0.15) is 9.78 Å². The first-order valence-corrected chi connectivity index (χ1v) is 9.27. The number of methoxy groups -OCH3 is 1. The molecule has 4 rings (SSSR count). The molecule has 12 heteroatoms. The average Bonchev–Trinajstić information content (AvgIpc) is 3.50. The van der Waals surface area contributed by atoms with Crippen molar-refractivity contribution in [2.24, 2.45) is 0 Å². The molecule has 2 aromatic heterocycles. The lowest BCUT2D eigenvalue weighted by molar-refractivity contribution is 0.0842. The number of hydrogen-bond donors (Lipinski definition) is 3. The number of hydrazine groups is 1. The maximum absolute atomic E-state index is 12.6. The van der Waals surface area contributed by atoms with Crippen molar-refractivity contribution in [1.82, 2.24) is 41.3 Å². The molecule has 0 aliphatic carbocycles. The van der Waals surface area contributed by atoms with E-state index in [0.717, 1.165) is 5.56 Å². The van der Waals surface area contributed by atoms with Crippen LogP contribution in [0.3, 0.4) is 0 Å². The van der Waals surface area contributed by atoms with Crippen LogP contribution < -0.4 is 15.6 Å². The molecule has 0 radical (unpaired) electrons. The summed E-state index contributed by atoms with van der Waals surface area (Å²) < 4.78 is 6.60. The summed E-state index contributed by atoms with van der Waals surface area (Å²) in [7, 11) is 1.40. The lowest BCUT2D eigenvalue weighted by Gasteiger charge is -2.12. The van der Waals surface area contributed by atoms with Crippen molar-refractivity contribution >= 4 is 23.4 Å². The highest BCUT2D eigenvalue weighted by Crippen LogP contribution is 2.29. The van der Waals surface area contributed by atoms with E-state index in [1.54, 1.807) is 6.07 Å². The fraction of sp³-hybridized carbons (Fsp3) is 0.0526. The van der Waals surface area contributed by atoms with Gasteiger partial charge in [0.2, 0.25) is 0 Å². The number of amides is 2. The molecule has 0 spiro atoms. The summed E-state index contributed by atoms with van der Waals surface area (Å²) in [5, 5.41) is 17.8. The SMILES string of the molecule is COc1cc(-n2cnnn2)c(Cl)cc1C(=O)NNC(=O)c1cc(-c2ccccc2)n[nH]1. The Labute approximate surface area is 180 Å². The van der Waals surface area contributed by atoms with Crippen molar-refractivity contribution in [3.63, 3.8) is 0 Å². The third-order valence-corrected chi connectivity index (χ3v) is 4.59. The molecule has 0 fully saturated rings. The van der Waals surface area contributed by atoms with E-state index >= 15 is 0 Å². The Bertz CT molecular complexity index is 1220. The molecule has 2 aromatic carbocycles. The summed E-state index contributed by atoms with van der Waals surface area (Å²) in [5.74, 6) is -0.980. The highest BCUT2D eigenvalue weighted by molar-refractivity contribution is 6.33. The van der Waals surface area contributed by atoms with Crippen LogP contribution >= 0.6 is 11.6 Å². The van der Waals surface area contributed by atoms with Crippen LogP contribution in [0.5, 0.6) is 5.75 Å². The van der Waals surface area contributed by atoms with Crippen LogP contribution in [-0.2, 0) is 0 Å². The number of aromatic amines is 1. The van der Waals surface area contributed by atoms with E-state index in [4.69, 9.17) is 16.3 Å². The monoisotopic (exact) mass is 438 g/mol. The number of carbonyl (C=O) groups is 2. The van der Waals surface area contributed by atoms with E-state index in [1.807, 2.05) is 30.3 Å². The average molecular weight is 439 g/mol. The Morgan fingerprint density at radius 2 is 1.87 bits per heavy atom. The molecule has 156 valence electrons. The predicted molar refractivity (Wildman–Crippen MR) is 110 cm³/mol. The third-order valence-electron chi connectivity index (χ3n) is 4.29. The molecule has 31 heavy (non-hydrogen) atoms. The molecule has 2 heterocycles. The first kappa shape index (κ1) is 20.0. The summed E-state index contributed by atoms with van der Waals surface area (Å²) in [6.07, 6.45) is 1.36. The van der Waals surface area contributed by atoms with Crippen LogP contribution in [0.25, 0.3) is 16.9 Å². The number of carbonyl (C=O) groups excluding carboxylic acids is 2. The predicted octanol–water partition coefficient (Wildman–Crippen LogP) is 1.79. The standard InChI is InChI=1S/C19H15ClN8O3/c1-31-17-9-16(28-10-21-26-27-28)13(20)7-12(17)18(29)24-25-19(30)15-8-14(22-23-15)11-5-3-2-4-6-11/h2-10H,1H3,(H,22,23)(H,24,29)(H,25,30). The fourth-order valence-electron chi connectivity index (χ4n) is 2.78. The molecule has 0 bridgehead atoms. The molecule has 0 saturated carbocycles. The molecule has 11 nitrogen and oxygen atoms in total. The first-order valence-electron chi connectivity index (χ1n) is 8.89. The fourth-order valence-corrected chi connectivity index (χ4v) is 3.03. The van der Waals surface area contributed by atoms with Crippen molar-refractivity contribution in [1.29, 1.82) is 0 Å². The van der Waals surface area contributed by atoms with Crippen molar-refractivity contribution in [3.8, 4) is 22.7 Å². The molecule has 0 aliphatic heterocycles. The minimum absolute atomic E-state index is 0.110. The number of halogens is 1. The summed E-state index contributed by atoms with van der Waals surface area (Å²) in [6.45, 7) is 0. The molecule has 0 atom stereocenters. The zero-order chi connectivity index (χ0) is 21.8. The summed E-state index contributed by atoms with van der Waals surface area (Å²) in [5.41, 5.74) is 6.83. The van der Waals surface area contributed by atoms with Gasteiger partial charge < -0.3 is 4.74 Å². The maximum atomic E-state index is 12.6. The molecule has 0 saturated heterocycles. The maximum Gasteiger partial charge on any atom is 0.287 e. The number of nitrogens with one attached hydrogen (secondary N) is 3. The minimum Gasteiger partial charge on any atom is -0.496 e. The van der Waals surface area contributed by atoms with Crippen LogP contribution in [-0.4, -0.2) is 49.3 Å². The van der Waals surface area contributed by atoms with E-state index < -0.39 is 11.8 Å². The van der Waals surface area contributed by atoms with E-state index in [9.17, 15) is 9.59 Å². The Morgan fingerprint density at radius 1 is 1.10 bits per heavy atom. The molecule has 4 aromatic rings. The second-order valence-corrected chi connectivity index (χ2v) is 6.61. The number of rotatable bonds is 5. The van der Waals surface area contributed by atoms with Gasteiger partial charge in [-0.05, 0) is 22.6 Å². The molecular weight excluding hydrogens is 424 g/mol. The van der Waals surface area contributed by atoms with Gasteiger partial charge in [-0.25, -0.2) is 0 Å². The van der Waals surface area contributed by atoms with Gasteiger partial charge in [0.05, 0.1) is 29.1 Å². The number of tetrazole rings is 1. The highest BCUT2D eigenvalue weighted by Gasteiger charge is 2.19. The second kappa shape index (κ2) is 8.63. The third kappa shape index (κ3) is 4.21. The van der Waals surface area contributed by atoms with Crippen molar-refractivity contribution in [3.05, 3.63) is 71.1 Å². The molecule has 0 aliphatic rings. The first-order chi connectivity index (χ1) is 15.1. The Morgan fingerprint density at radius 3 is 2.58 bits per heavy atom. The lowest BCUT2D eigenvalue weighted by Crippen LogP contribution is -2.41. The van der Waals surface area contributed by atoms with Gasteiger partial charge in [0.25, 0.3) is 11.8 Å². The van der Waals surface area contributed by atoms with Crippen LogP contribution in [0.4, 0.5) is 0 Å². The van der Waals surface area contributed by atoms with Crippen molar-refractivity contribution in [2.75, 3.05) is 7.11 Å². The van der Waals surface area contributed by atoms with E-state index in [2.05, 4.69) is 36.6 Å². The largest absolute Gasteiger partial charge is 0.496 e. The van der Waals surface area contributed by atoms with E-state index in [-0.39, 0.29) is 22.0 Å². The second-order valence-electron chi connectivity index (χ2n) is 6.20. The van der Waals surface area contributed by atoms with E-state index in [0.29, 0.717) is 11.4 Å². The Kier molecular flexibility index (Phi) is 5.58. The molecule has 0 unspecified atom stereocenters. The lowest BCUT2D eigenvalue weighted by atomic mass is 10.1. The van der Waals surface area contributed by atoms with Gasteiger partial charge in [-0.15, -0.1) is 5.10 Å².